The molecular weight excluding hydrogens is 342 g/mol. The summed E-state index contributed by atoms with van der Waals surface area (Å²) in [6.45, 7) is 13.5. The zero-order chi connectivity index (χ0) is 20.6. The summed E-state index contributed by atoms with van der Waals surface area (Å²) in [5, 5.41) is 10.9. The maximum atomic E-state index is 13.0. The molecule has 0 aliphatic rings. The molecule has 0 spiro atoms. The van der Waals surface area contributed by atoms with Crippen molar-refractivity contribution in [3.05, 3.63) is 54.0 Å². The largest absolute Gasteiger partial charge is 0.490 e. The SMILES string of the molecule is C=C=C(OC)[C@H](O)[C@H](CC(C)C)N(Cc1ccccc1)C(=O)OC(C)(C)C. The molecule has 5 heteroatoms. The number of carbonyl (C=O) groups is 1. The fourth-order valence-corrected chi connectivity index (χ4v) is 2.80. The minimum atomic E-state index is -1.05. The third-order valence-corrected chi connectivity index (χ3v) is 3.96. The Morgan fingerprint density at radius 2 is 1.85 bits per heavy atom. The van der Waals surface area contributed by atoms with E-state index in [0.29, 0.717) is 13.0 Å². The van der Waals surface area contributed by atoms with E-state index in [4.69, 9.17) is 9.47 Å². The standard InChI is InChI=1S/C22H33NO4/c1-8-19(26-7)20(24)18(14-16(2)3)23(21(25)27-22(4,5)6)15-17-12-10-9-11-13-17/h9-13,16,18,20,24H,1,14-15H2,2-7H3/t18-,20+/m0/s1. The van der Waals surface area contributed by atoms with Gasteiger partial charge in [0.1, 0.15) is 11.7 Å². The number of carbonyl (C=O) groups excluding carboxylic acids is 1. The average molecular weight is 376 g/mol. The number of hydrogen-bond acceptors (Lipinski definition) is 4. The van der Waals surface area contributed by atoms with Crippen LogP contribution < -0.4 is 0 Å². The number of hydrogen-bond donors (Lipinski definition) is 1. The van der Waals surface area contributed by atoms with Gasteiger partial charge in [-0.2, -0.15) is 0 Å². The number of amides is 1. The van der Waals surface area contributed by atoms with Crippen LogP contribution in [0, 0.1) is 5.92 Å². The third-order valence-electron chi connectivity index (χ3n) is 3.96. The lowest BCUT2D eigenvalue weighted by molar-refractivity contribution is -0.0151. The minimum absolute atomic E-state index is 0.210. The van der Waals surface area contributed by atoms with Crippen LogP contribution in [-0.2, 0) is 16.0 Å². The zero-order valence-corrected chi connectivity index (χ0v) is 17.4. The second-order valence-electron chi connectivity index (χ2n) is 7.98. The highest BCUT2D eigenvalue weighted by Gasteiger charge is 2.35. The van der Waals surface area contributed by atoms with E-state index in [2.05, 4.69) is 12.3 Å². The first kappa shape index (κ1) is 22.8. The number of rotatable bonds is 8. The topological polar surface area (TPSA) is 59.0 Å². The molecule has 0 saturated carbocycles. The van der Waals surface area contributed by atoms with Gasteiger partial charge in [0.15, 0.2) is 5.76 Å². The molecule has 0 saturated heterocycles. The molecule has 0 aliphatic carbocycles. The van der Waals surface area contributed by atoms with Crippen LogP contribution in [-0.4, -0.2) is 41.0 Å². The number of nitrogens with zero attached hydrogens (tertiary/aromatic N) is 1. The molecule has 1 amide bonds. The van der Waals surface area contributed by atoms with Gasteiger partial charge in [-0.05, 0) is 38.7 Å². The van der Waals surface area contributed by atoms with Crippen LogP contribution in [0.1, 0.15) is 46.6 Å². The monoisotopic (exact) mass is 375 g/mol. The fraction of sp³-hybridized carbons (Fsp3) is 0.545. The molecule has 0 aliphatic heterocycles. The quantitative estimate of drug-likeness (QED) is 0.536. The normalized spacial score (nSPS) is 13.5. The van der Waals surface area contributed by atoms with E-state index in [-0.39, 0.29) is 11.7 Å². The molecule has 0 aromatic heterocycles. The van der Waals surface area contributed by atoms with Crippen molar-refractivity contribution in [3.8, 4) is 0 Å². The highest BCUT2D eigenvalue weighted by Crippen LogP contribution is 2.24. The molecule has 0 heterocycles. The summed E-state index contributed by atoms with van der Waals surface area (Å²) in [5.41, 5.74) is 2.94. The number of aliphatic hydroxyl groups is 1. The molecule has 0 unspecified atom stereocenters. The lowest BCUT2D eigenvalue weighted by atomic mass is 9.96. The molecule has 0 radical (unpaired) electrons. The minimum Gasteiger partial charge on any atom is -0.490 e. The van der Waals surface area contributed by atoms with E-state index < -0.39 is 23.8 Å². The van der Waals surface area contributed by atoms with Gasteiger partial charge in [0.25, 0.3) is 0 Å². The Morgan fingerprint density at radius 3 is 2.30 bits per heavy atom. The Kier molecular flexibility index (Phi) is 8.61. The summed E-state index contributed by atoms with van der Waals surface area (Å²) < 4.78 is 10.8. The summed E-state index contributed by atoms with van der Waals surface area (Å²) in [5.74, 6) is 0.454. The van der Waals surface area contributed by atoms with Crippen molar-refractivity contribution in [1.29, 1.82) is 0 Å². The van der Waals surface area contributed by atoms with E-state index >= 15 is 0 Å². The molecule has 5 nitrogen and oxygen atoms in total. The van der Waals surface area contributed by atoms with Crippen LogP contribution in [0.25, 0.3) is 0 Å². The molecule has 2 atom stereocenters. The maximum absolute atomic E-state index is 13.0. The first-order valence-electron chi connectivity index (χ1n) is 9.24. The Bertz CT molecular complexity index is 642. The summed E-state index contributed by atoms with van der Waals surface area (Å²) in [6, 6.07) is 9.10. The highest BCUT2D eigenvalue weighted by molar-refractivity contribution is 5.68. The summed E-state index contributed by atoms with van der Waals surface area (Å²) in [7, 11) is 1.46. The van der Waals surface area contributed by atoms with Crippen molar-refractivity contribution in [2.24, 2.45) is 5.92 Å². The van der Waals surface area contributed by atoms with Gasteiger partial charge in [0.05, 0.1) is 13.2 Å². The molecule has 1 N–H and O–H groups in total. The van der Waals surface area contributed by atoms with Gasteiger partial charge in [-0.15, -0.1) is 0 Å². The van der Waals surface area contributed by atoms with Crippen molar-refractivity contribution in [2.45, 2.75) is 65.3 Å². The van der Waals surface area contributed by atoms with Crippen molar-refractivity contribution >= 4 is 6.09 Å². The predicted molar refractivity (Wildman–Crippen MR) is 107 cm³/mol. The van der Waals surface area contributed by atoms with Gasteiger partial charge in [0, 0.05) is 6.54 Å². The van der Waals surface area contributed by atoms with Crippen LogP contribution in [0.15, 0.2) is 48.4 Å². The summed E-state index contributed by atoms with van der Waals surface area (Å²) >= 11 is 0. The Morgan fingerprint density at radius 1 is 1.26 bits per heavy atom. The first-order chi connectivity index (χ1) is 12.6. The van der Waals surface area contributed by atoms with Gasteiger partial charge in [-0.3, -0.25) is 4.90 Å². The second-order valence-corrected chi connectivity index (χ2v) is 7.98. The summed E-state index contributed by atoms with van der Waals surface area (Å²) in [6.07, 6.45) is -0.955. The average Bonchev–Trinajstić information content (AvgIpc) is 2.58. The van der Waals surface area contributed by atoms with E-state index in [9.17, 15) is 9.90 Å². The lowest BCUT2D eigenvalue weighted by Gasteiger charge is -2.37. The van der Waals surface area contributed by atoms with Crippen molar-refractivity contribution < 1.29 is 19.4 Å². The molecule has 0 bridgehead atoms. The van der Waals surface area contributed by atoms with E-state index in [1.807, 2.05) is 65.0 Å². The van der Waals surface area contributed by atoms with Crippen LogP contribution in [0.4, 0.5) is 4.79 Å². The molecule has 1 aromatic carbocycles. The van der Waals surface area contributed by atoms with Gasteiger partial charge in [-0.1, -0.05) is 56.5 Å². The molecule has 1 rings (SSSR count). The van der Waals surface area contributed by atoms with Crippen molar-refractivity contribution in [3.63, 3.8) is 0 Å². The molecule has 0 fully saturated rings. The Balaban J connectivity index is 3.30. The number of ether oxygens (including phenoxy) is 2. The summed E-state index contributed by atoms with van der Waals surface area (Å²) in [4.78, 5) is 14.6. The third kappa shape index (κ3) is 7.49. The molecule has 150 valence electrons. The molecule has 27 heavy (non-hydrogen) atoms. The number of benzene rings is 1. The fourth-order valence-electron chi connectivity index (χ4n) is 2.80. The van der Waals surface area contributed by atoms with Crippen LogP contribution in [0.3, 0.4) is 0 Å². The lowest BCUT2D eigenvalue weighted by Crippen LogP contribution is -2.49. The van der Waals surface area contributed by atoms with E-state index in [1.165, 1.54) is 7.11 Å². The Labute approximate surface area is 163 Å². The second kappa shape index (κ2) is 10.2. The van der Waals surface area contributed by atoms with Crippen molar-refractivity contribution in [2.75, 3.05) is 7.11 Å². The molecular formula is C22H33NO4. The Hall–Kier alpha value is -2.23. The van der Waals surface area contributed by atoms with Crippen molar-refractivity contribution in [1.82, 2.24) is 4.90 Å². The van der Waals surface area contributed by atoms with Crippen LogP contribution in [0.2, 0.25) is 0 Å². The van der Waals surface area contributed by atoms with E-state index in [1.54, 1.807) is 4.90 Å². The molecule has 1 aromatic rings. The van der Waals surface area contributed by atoms with Gasteiger partial charge in [-0.25, -0.2) is 4.79 Å². The van der Waals surface area contributed by atoms with Gasteiger partial charge >= 0.3 is 6.09 Å². The smallest absolute Gasteiger partial charge is 0.410 e. The van der Waals surface area contributed by atoms with Crippen LogP contribution >= 0.6 is 0 Å². The maximum Gasteiger partial charge on any atom is 0.410 e. The van der Waals surface area contributed by atoms with E-state index in [0.717, 1.165) is 5.56 Å². The first-order valence-corrected chi connectivity index (χ1v) is 9.24. The van der Waals surface area contributed by atoms with Gasteiger partial charge < -0.3 is 14.6 Å². The highest BCUT2D eigenvalue weighted by atomic mass is 16.6. The zero-order valence-electron chi connectivity index (χ0n) is 17.4. The predicted octanol–water partition coefficient (Wildman–Crippen LogP) is 4.51. The van der Waals surface area contributed by atoms with Crippen LogP contribution in [0.5, 0.6) is 0 Å². The number of aliphatic hydroxyl groups excluding tert-OH is 1. The van der Waals surface area contributed by atoms with Gasteiger partial charge in [0.2, 0.25) is 0 Å². The number of methoxy groups -OCH3 is 1.